The zero-order valence-electron chi connectivity index (χ0n) is 15.4. The van der Waals surface area contributed by atoms with E-state index >= 15 is 0 Å². The van der Waals surface area contributed by atoms with Gasteiger partial charge in [-0.15, -0.1) is 21.5 Å². The van der Waals surface area contributed by atoms with Crippen molar-refractivity contribution in [1.82, 2.24) is 29.5 Å². The highest BCUT2D eigenvalue weighted by atomic mass is 32.1. The van der Waals surface area contributed by atoms with Gasteiger partial charge in [-0.25, -0.2) is 4.98 Å². The van der Waals surface area contributed by atoms with Gasteiger partial charge in [-0.1, -0.05) is 0 Å². The molecular formula is C18H28N6OS. The maximum absolute atomic E-state index is 9.66. The molecule has 7 nitrogen and oxygen atoms in total. The molecule has 2 aromatic rings. The highest BCUT2D eigenvalue weighted by molar-refractivity contribution is 7.07. The first kappa shape index (κ1) is 18.0. The van der Waals surface area contributed by atoms with Gasteiger partial charge in [0.15, 0.2) is 0 Å². The Morgan fingerprint density at radius 3 is 2.42 bits per heavy atom. The molecule has 2 saturated heterocycles. The summed E-state index contributed by atoms with van der Waals surface area (Å²) in [5.41, 5.74) is 3.09. The maximum Gasteiger partial charge on any atom is 0.146 e. The molecule has 4 heterocycles. The first-order valence-electron chi connectivity index (χ1n) is 9.57. The van der Waals surface area contributed by atoms with Gasteiger partial charge in [0, 0.05) is 38.0 Å². The van der Waals surface area contributed by atoms with Crippen LogP contribution in [-0.4, -0.2) is 66.9 Å². The van der Waals surface area contributed by atoms with Crippen LogP contribution >= 0.6 is 11.3 Å². The van der Waals surface area contributed by atoms with Gasteiger partial charge in [-0.05, 0) is 38.8 Å². The number of likely N-dealkylation sites (tertiary alicyclic amines) is 2. The summed E-state index contributed by atoms with van der Waals surface area (Å²) in [6.45, 7) is 5.86. The lowest BCUT2D eigenvalue weighted by atomic mass is 9.96. The molecule has 0 unspecified atom stereocenters. The molecule has 142 valence electrons. The van der Waals surface area contributed by atoms with Crippen LogP contribution in [0.15, 0.2) is 10.9 Å². The molecule has 0 amide bonds. The molecule has 2 fully saturated rings. The highest BCUT2D eigenvalue weighted by Crippen LogP contribution is 2.28. The maximum atomic E-state index is 9.66. The van der Waals surface area contributed by atoms with Gasteiger partial charge in [0.25, 0.3) is 0 Å². The third-order valence-corrected chi connectivity index (χ3v) is 6.38. The molecule has 2 aliphatic rings. The number of aliphatic hydroxyl groups is 1. The van der Waals surface area contributed by atoms with Crippen molar-refractivity contribution >= 4 is 11.3 Å². The Bertz CT molecular complexity index is 687. The first-order chi connectivity index (χ1) is 12.7. The number of hydrogen-bond donors (Lipinski definition) is 1. The van der Waals surface area contributed by atoms with E-state index in [1.807, 2.05) is 5.51 Å². The van der Waals surface area contributed by atoms with Crippen LogP contribution in [0, 0.1) is 0 Å². The molecule has 1 N–H and O–H groups in total. The molecule has 26 heavy (non-hydrogen) atoms. The van der Waals surface area contributed by atoms with Gasteiger partial charge in [0.1, 0.15) is 11.6 Å². The van der Waals surface area contributed by atoms with E-state index in [1.165, 1.54) is 5.69 Å². The number of rotatable bonds is 5. The molecule has 2 aliphatic heterocycles. The summed E-state index contributed by atoms with van der Waals surface area (Å²) in [6, 6.07) is 0. The fourth-order valence-electron chi connectivity index (χ4n) is 4.04. The number of hydrogen-bond acceptors (Lipinski definition) is 7. The monoisotopic (exact) mass is 376 g/mol. The van der Waals surface area contributed by atoms with E-state index in [9.17, 15) is 5.11 Å². The molecule has 0 spiro atoms. The van der Waals surface area contributed by atoms with Gasteiger partial charge in [-0.2, -0.15) is 0 Å². The van der Waals surface area contributed by atoms with Crippen LogP contribution in [0.2, 0.25) is 0 Å². The first-order valence-corrected chi connectivity index (χ1v) is 10.5. The van der Waals surface area contributed by atoms with Crippen LogP contribution in [0.5, 0.6) is 0 Å². The molecule has 0 saturated carbocycles. The van der Waals surface area contributed by atoms with Crippen molar-refractivity contribution in [1.29, 1.82) is 0 Å². The van der Waals surface area contributed by atoms with Crippen LogP contribution in [-0.2, 0) is 20.1 Å². The Hall–Kier alpha value is -1.35. The minimum absolute atomic E-state index is 0.129. The van der Waals surface area contributed by atoms with E-state index in [1.54, 1.807) is 11.3 Å². The SMILES string of the molecule is Cn1c(CN2CCC(O)CC2)nnc1C1CCN(Cc2cscn2)CC1. The van der Waals surface area contributed by atoms with Crippen molar-refractivity contribution in [3.05, 3.63) is 28.2 Å². The van der Waals surface area contributed by atoms with Gasteiger partial charge < -0.3 is 9.67 Å². The fraction of sp³-hybridized carbons (Fsp3) is 0.722. The average Bonchev–Trinajstić information content (AvgIpc) is 3.28. The summed E-state index contributed by atoms with van der Waals surface area (Å²) in [4.78, 5) is 9.26. The fourth-order valence-corrected chi connectivity index (χ4v) is 4.59. The van der Waals surface area contributed by atoms with Crippen LogP contribution in [0.3, 0.4) is 0 Å². The van der Waals surface area contributed by atoms with Crippen molar-refractivity contribution in [2.75, 3.05) is 26.2 Å². The molecule has 0 bridgehead atoms. The van der Waals surface area contributed by atoms with Crippen molar-refractivity contribution in [2.24, 2.45) is 7.05 Å². The van der Waals surface area contributed by atoms with E-state index in [0.29, 0.717) is 5.92 Å². The van der Waals surface area contributed by atoms with Crippen LogP contribution in [0.1, 0.15) is 48.9 Å². The lowest BCUT2D eigenvalue weighted by molar-refractivity contribution is 0.0775. The Labute approximate surface area is 158 Å². The van der Waals surface area contributed by atoms with Gasteiger partial charge >= 0.3 is 0 Å². The molecular weight excluding hydrogens is 348 g/mol. The Morgan fingerprint density at radius 2 is 1.73 bits per heavy atom. The van der Waals surface area contributed by atoms with Crippen molar-refractivity contribution in [3.8, 4) is 0 Å². The highest BCUT2D eigenvalue weighted by Gasteiger charge is 2.26. The standard InChI is InChI=1S/C18H28N6OS/c1-22-17(11-24-8-4-16(25)5-9-24)20-21-18(22)14-2-6-23(7-3-14)10-15-12-26-13-19-15/h12-14,16,25H,2-11H2,1H3. The second-order valence-corrected chi connectivity index (χ2v) is 8.29. The van der Waals surface area contributed by atoms with Gasteiger partial charge in [0.05, 0.1) is 23.9 Å². The zero-order chi connectivity index (χ0) is 17.9. The summed E-state index contributed by atoms with van der Waals surface area (Å²) in [7, 11) is 2.10. The van der Waals surface area contributed by atoms with Crippen molar-refractivity contribution < 1.29 is 5.11 Å². The number of aliphatic hydroxyl groups excluding tert-OH is 1. The molecule has 0 aromatic carbocycles. The predicted octanol–water partition coefficient (Wildman–Crippen LogP) is 1.61. The van der Waals surface area contributed by atoms with Gasteiger partial charge in [0.2, 0.25) is 0 Å². The molecule has 0 radical (unpaired) electrons. The zero-order valence-corrected chi connectivity index (χ0v) is 16.2. The van der Waals surface area contributed by atoms with E-state index in [-0.39, 0.29) is 6.10 Å². The average molecular weight is 377 g/mol. The van der Waals surface area contributed by atoms with E-state index < -0.39 is 0 Å². The minimum Gasteiger partial charge on any atom is -0.393 e. The van der Waals surface area contributed by atoms with E-state index in [0.717, 1.165) is 76.6 Å². The summed E-state index contributed by atoms with van der Waals surface area (Å²) in [6.07, 6.45) is 3.86. The number of thiazole rings is 1. The smallest absolute Gasteiger partial charge is 0.146 e. The van der Waals surface area contributed by atoms with E-state index in [2.05, 4.69) is 42.0 Å². The van der Waals surface area contributed by atoms with Crippen LogP contribution < -0.4 is 0 Å². The quantitative estimate of drug-likeness (QED) is 0.855. The third kappa shape index (κ3) is 4.14. The normalized spacial score (nSPS) is 21.5. The lowest BCUT2D eigenvalue weighted by Crippen LogP contribution is -2.36. The Balaban J connectivity index is 1.32. The molecule has 8 heteroatoms. The molecule has 0 aliphatic carbocycles. The summed E-state index contributed by atoms with van der Waals surface area (Å²) in [5, 5.41) is 20.8. The molecule has 2 aromatic heterocycles. The number of piperidine rings is 2. The second-order valence-electron chi connectivity index (χ2n) is 7.57. The number of nitrogens with zero attached hydrogens (tertiary/aromatic N) is 6. The summed E-state index contributed by atoms with van der Waals surface area (Å²) in [5.74, 6) is 2.67. The Kier molecular flexibility index (Phi) is 5.63. The largest absolute Gasteiger partial charge is 0.393 e. The predicted molar refractivity (Wildman–Crippen MR) is 101 cm³/mol. The lowest BCUT2D eigenvalue weighted by Gasteiger charge is -2.31. The molecule has 4 rings (SSSR count). The topological polar surface area (TPSA) is 70.3 Å². The Morgan fingerprint density at radius 1 is 1.04 bits per heavy atom. The number of aromatic nitrogens is 4. The minimum atomic E-state index is -0.129. The van der Waals surface area contributed by atoms with Gasteiger partial charge in [-0.3, -0.25) is 9.80 Å². The second kappa shape index (κ2) is 8.12. The van der Waals surface area contributed by atoms with Crippen LogP contribution in [0.4, 0.5) is 0 Å². The van der Waals surface area contributed by atoms with Crippen LogP contribution in [0.25, 0.3) is 0 Å². The van der Waals surface area contributed by atoms with E-state index in [4.69, 9.17) is 0 Å². The third-order valence-electron chi connectivity index (χ3n) is 5.74. The van der Waals surface area contributed by atoms with Crippen molar-refractivity contribution in [3.63, 3.8) is 0 Å². The van der Waals surface area contributed by atoms with Crippen molar-refractivity contribution in [2.45, 2.75) is 50.8 Å². The summed E-state index contributed by atoms with van der Waals surface area (Å²) >= 11 is 1.67. The summed E-state index contributed by atoms with van der Waals surface area (Å²) < 4.78 is 2.20. The molecule has 0 atom stereocenters.